The van der Waals surface area contributed by atoms with E-state index in [1.165, 1.54) is 128 Å². The summed E-state index contributed by atoms with van der Waals surface area (Å²) in [5.74, 6) is -0.536. The zero-order valence-corrected chi connectivity index (χ0v) is 38.4. The van der Waals surface area contributed by atoms with Gasteiger partial charge >= 0.3 is 5.97 Å². The average Bonchev–Trinajstić information content (AvgIpc) is 3.22. The first-order chi connectivity index (χ1) is 28.5. The molecule has 0 aromatic rings. The molecule has 0 rings (SSSR count). The van der Waals surface area contributed by atoms with Gasteiger partial charge in [-0.15, -0.1) is 0 Å². The van der Waals surface area contributed by atoms with E-state index in [-0.39, 0.29) is 24.9 Å². The molecule has 0 aromatic heterocycles. The van der Waals surface area contributed by atoms with E-state index in [9.17, 15) is 19.8 Å². The number of esters is 1. The second kappa shape index (κ2) is 45.9. The van der Waals surface area contributed by atoms with Gasteiger partial charge in [-0.2, -0.15) is 0 Å². The molecule has 0 saturated heterocycles. The molecule has 3 atom stereocenters. The van der Waals surface area contributed by atoms with Gasteiger partial charge in [-0.05, 0) is 64.2 Å². The van der Waals surface area contributed by atoms with Gasteiger partial charge in [-0.1, -0.05) is 217 Å². The van der Waals surface area contributed by atoms with E-state index in [2.05, 4.69) is 74.7 Å². The van der Waals surface area contributed by atoms with Gasteiger partial charge in [0.05, 0.1) is 25.2 Å². The third-order valence-corrected chi connectivity index (χ3v) is 11.2. The van der Waals surface area contributed by atoms with Crippen LogP contribution in [0.3, 0.4) is 0 Å². The first-order valence-corrected chi connectivity index (χ1v) is 24.9. The lowest BCUT2D eigenvalue weighted by molar-refractivity contribution is -0.151. The topological polar surface area (TPSA) is 95.9 Å². The van der Waals surface area contributed by atoms with E-state index in [0.717, 1.165) is 64.2 Å². The van der Waals surface area contributed by atoms with Crippen LogP contribution in [-0.4, -0.2) is 46.9 Å². The number of aliphatic hydroxyl groups is 2. The molecule has 0 aliphatic heterocycles. The molecule has 0 bridgehead atoms. The van der Waals surface area contributed by atoms with Crippen molar-refractivity contribution in [3.8, 4) is 0 Å². The second-order valence-corrected chi connectivity index (χ2v) is 16.9. The lowest BCUT2D eigenvalue weighted by Gasteiger charge is -2.24. The summed E-state index contributed by atoms with van der Waals surface area (Å²) in [7, 11) is 0. The summed E-state index contributed by atoms with van der Waals surface area (Å²) in [6, 6.07) is -0.709. The first-order valence-electron chi connectivity index (χ1n) is 24.9. The van der Waals surface area contributed by atoms with Gasteiger partial charge < -0.3 is 20.3 Å². The van der Waals surface area contributed by atoms with E-state index in [0.29, 0.717) is 25.7 Å². The van der Waals surface area contributed by atoms with Gasteiger partial charge in [-0.3, -0.25) is 9.59 Å². The van der Waals surface area contributed by atoms with Crippen molar-refractivity contribution in [1.82, 2.24) is 5.32 Å². The van der Waals surface area contributed by atoms with Crippen LogP contribution in [0, 0.1) is 0 Å². The van der Waals surface area contributed by atoms with Crippen molar-refractivity contribution in [1.29, 1.82) is 0 Å². The van der Waals surface area contributed by atoms with Crippen LogP contribution >= 0.6 is 0 Å². The molecule has 0 aliphatic rings. The van der Waals surface area contributed by atoms with Crippen molar-refractivity contribution in [2.75, 3.05) is 6.61 Å². The summed E-state index contributed by atoms with van der Waals surface area (Å²) in [6.07, 6.45) is 54.6. The van der Waals surface area contributed by atoms with Crippen LogP contribution in [0.5, 0.6) is 0 Å². The quantitative estimate of drug-likeness (QED) is 0.0323. The minimum atomic E-state index is -0.793. The highest BCUT2D eigenvalue weighted by Crippen LogP contribution is 2.17. The van der Waals surface area contributed by atoms with E-state index < -0.39 is 18.2 Å². The number of hydrogen-bond acceptors (Lipinski definition) is 5. The van der Waals surface area contributed by atoms with E-state index in [4.69, 9.17) is 4.74 Å². The Morgan fingerprint density at radius 3 is 1.33 bits per heavy atom. The zero-order chi connectivity index (χ0) is 42.4. The normalized spacial score (nSPS) is 13.7. The largest absolute Gasteiger partial charge is 0.462 e. The Morgan fingerprint density at radius 2 is 0.879 bits per heavy atom. The predicted molar refractivity (Wildman–Crippen MR) is 250 cm³/mol. The van der Waals surface area contributed by atoms with Crippen LogP contribution in [0.25, 0.3) is 0 Å². The highest BCUT2D eigenvalue weighted by Gasteiger charge is 2.24. The number of amides is 1. The molecule has 3 N–H and O–H groups in total. The Kier molecular flexibility index (Phi) is 44.2. The molecule has 0 aromatic carbocycles. The SMILES string of the molecule is CCCCC/C=C\C/C=C\C/C=C\C/C=C\CCCC(=O)OC(CCCCCCCCCCCCCCC)CC(=O)NC(CO)C(O)CCCCCCCCCCC. The number of carbonyl (C=O) groups is 2. The molecule has 3 unspecified atom stereocenters. The first kappa shape index (κ1) is 55.8. The van der Waals surface area contributed by atoms with Crippen LogP contribution in [0.15, 0.2) is 48.6 Å². The summed E-state index contributed by atoms with van der Waals surface area (Å²) in [6.45, 7) is 6.42. The molecule has 58 heavy (non-hydrogen) atoms. The van der Waals surface area contributed by atoms with Gasteiger partial charge in [0, 0.05) is 6.42 Å². The fourth-order valence-electron chi connectivity index (χ4n) is 7.36. The third-order valence-electron chi connectivity index (χ3n) is 11.2. The maximum Gasteiger partial charge on any atom is 0.306 e. The highest BCUT2D eigenvalue weighted by atomic mass is 16.5. The maximum absolute atomic E-state index is 13.1. The summed E-state index contributed by atoms with van der Waals surface area (Å²) in [4.78, 5) is 26.0. The Morgan fingerprint density at radius 1 is 0.500 bits per heavy atom. The molecule has 0 spiro atoms. The summed E-state index contributed by atoms with van der Waals surface area (Å²) >= 11 is 0. The molecule has 0 fully saturated rings. The van der Waals surface area contributed by atoms with Gasteiger partial charge in [-0.25, -0.2) is 0 Å². The minimum absolute atomic E-state index is 0.0580. The summed E-state index contributed by atoms with van der Waals surface area (Å²) in [5, 5.41) is 23.6. The van der Waals surface area contributed by atoms with E-state index in [1.54, 1.807) is 0 Å². The Bertz CT molecular complexity index is 1000. The monoisotopic (exact) mass is 814 g/mol. The third kappa shape index (κ3) is 40.6. The minimum Gasteiger partial charge on any atom is -0.462 e. The fourth-order valence-corrected chi connectivity index (χ4v) is 7.36. The molecule has 0 saturated carbocycles. The molecule has 1 amide bonds. The van der Waals surface area contributed by atoms with Crippen molar-refractivity contribution in [3.63, 3.8) is 0 Å². The standard InChI is InChI=1S/C52H95NO5/c1-4-7-10-13-16-19-21-23-24-25-26-28-30-33-36-39-42-45-52(57)58-48(43-40-37-34-32-29-27-22-20-17-14-11-8-5-2)46-51(56)53-49(47-54)50(55)44-41-38-35-31-18-15-12-9-6-3/h16,19,23-24,26,28,33,36,48-50,54-55H,4-15,17-18,20-22,25,27,29-32,34-35,37-47H2,1-3H3,(H,53,56)/b19-16-,24-23-,28-26-,36-33-. The van der Waals surface area contributed by atoms with Crippen molar-refractivity contribution in [2.24, 2.45) is 0 Å². The van der Waals surface area contributed by atoms with Gasteiger partial charge in [0.15, 0.2) is 0 Å². The lowest BCUT2D eigenvalue weighted by Crippen LogP contribution is -2.46. The van der Waals surface area contributed by atoms with Crippen LogP contribution in [0.2, 0.25) is 0 Å². The molecular formula is C52H95NO5. The number of carbonyl (C=O) groups excluding carboxylic acids is 2. The Labute approximate surface area is 359 Å². The zero-order valence-electron chi connectivity index (χ0n) is 38.4. The smallest absolute Gasteiger partial charge is 0.306 e. The molecule has 0 aliphatic carbocycles. The predicted octanol–water partition coefficient (Wildman–Crippen LogP) is 14.7. The highest BCUT2D eigenvalue weighted by molar-refractivity contribution is 5.77. The number of ether oxygens (including phenoxy) is 1. The van der Waals surface area contributed by atoms with Gasteiger partial charge in [0.1, 0.15) is 6.10 Å². The van der Waals surface area contributed by atoms with Gasteiger partial charge in [0.2, 0.25) is 5.91 Å². The number of hydrogen-bond donors (Lipinski definition) is 3. The summed E-state index contributed by atoms with van der Waals surface area (Å²) in [5.41, 5.74) is 0. The van der Waals surface area contributed by atoms with Crippen molar-refractivity contribution >= 4 is 11.9 Å². The molecule has 6 nitrogen and oxygen atoms in total. The summed E-state index contributed by atoms with van der Waals surface area (Å²) < 4.78 is 5.90. The van der Waals surface area contributed by atoms with E-state index in [1.807, 2.05) is 0 Å². The fraction of sp³-hybridized carbons (Fsp3) is 0.808. The molecule has 338 valence electrons. The van der Waals surface area contributed by atoms with E-state index >= 15 is 0 Å². The second-order valence-electron chi connectivity index (χ2n) is 16.9. The number of aliphatic hydroxyl groups excluding tert-OH is 2. The maximum atomic E-state index is 13.1. The van der Waals surface area contributed by atoms with Crippen LogP contribution in [0.4, 0.5) is 0 Å². The molecule has 6 heteroatoms. The number of nitrogens with one attached hydrogen (secondary N) is 1. The van der Waals surface area contributed by atoms with Crippen LogP contribution in [0.1, 0.15) is 245 Å². The van der Waals surface area contributed by atoms with Crippen molar-refractivity contribution < 1.29 is 24.5 Å². The molecule has 0 heterocycles. The van der Waals surface area contributed by atoms with Gasteiger partial charge in [0.25, 0.3) is 0 Å². The molecule has 0 radical (unpaired) electrons. The number of allylic oxidation sites excluding steroid dienone is 8. The van der Waals surface area contributed by atoms with Crippen molar-refractivity contribution in [3.05, 3.63) is 48.6 Å². The Balaban J connectivity index is 4.65. The number of unbranched alkanes of at least 4 members (excludes halogenated alkanes) is 24. The van der Waals surface area contributed by atoms with Crippen LogP contribution in [-0.2, 0) is 14.3 Å². The molecular weight excluding hydrogens is 719 g/mol. The average molecular weight is 814 g/mol. The van der Waals surface area contributed by atoms with Crippen LogP contribution < -0.4 is 5.32 Å². The lowest BCUT2D eigenvalue weighted by atomic mass is 10.0. The van der Waals surface area contributed by atoms with Crippen molar-refractivity contribution in [2.45, 2.75) is 264 Å². The number of rotatable bonds is 44. The Hall–Kier alpha value is -2.18.